The van der Waals surface area contributed by atoms with Gasteiger partial charge in [-0.25, -0.2) is 4.98 Å². The van der Waals surface area contributed by atoms with Crippen molar-refractivity contribution < 1.29 is 14.3 Å². The highest BCUT2D eigenvalue weighted by molar-refractivity contribution is 7.09. The minimum atomic E-state index is -0.0113. The Balaban J connectivity index is 1.55. The van der Waals surface area contributed by atoms with Gasteiger partial charge >= 0.3 is 0 Å². The molecule has 1 N–H and O–H groups in total. The minimum Gasteiger partial charge on any atom is -0.381 e. The summed E-state index contributed by atoms with van der Waals surface area (Å²) >= 11 is 1.67. The maximum atomic E-state index is 12.6. The number of carbonyl (C=O) groups excluding carboxylic acids is 2. The van der Waals surface area contributed by atoms with Gasteiger partial charge in [0, 0.05) is 50.9 Å². The molecule has 0 radical (unpaired) electrons. The topological polar surface area (TPSA) is 71.5 Å². The zero-order chi connectivity index (χ0) is 16.9. The van der Waals surface area contributed by atoms with E-state index in [4.69, 9.17) is 9.72 Å². The molecule has 0 bridgehead atoms. The van der Waals surface area contributed by atoms with Crippen LogP contribution in [0.2, 0.25) is 0 Å². The third-order valence-electron chi connectivity index (χ3n) is 4.69. The van der Waals surface area contributed by atoms with E-state index in [1.54, 1.807) is 11.3 Å². The summed E-state index contributed by atoms with van der Waals surface area (Å²) in [6, 6.07) is 0. The van der Waals surface area contributed by atoms with Crippen molar-refractivity contribution >= 4 is 23.2 Å². The first-order valence-electron chi connectivity index (χ1n) is 8.68. The van der Waals surface area contributed by atoms with Gasteiger partial charge in [-0.2, -0.15) is 0 Å². The predicted molar refractivity (Wildman–Crippen MR) is 92.0 cm³/mol. The molecular weight excluding hydrogens is 326 g/mol. The zero-order valence-corrected chi connectivity index (χ0v) is 14.9. The summed E-state index contributed by atoms with van der Waals surface area (Å²) in [6.07, 6.45) is 3.73. The summed E-state index contributed by atoms with van der Waals surface area (Å²) in [6.45, 7) is 5.05. The molecule has 7 heteroatoms. The van der Waals surface area contributed by atoms with E-state index in [1.165, 1.54) is 6.92 Å². The lowest BCUT2D eigenvalue weighted by molar-refractivity contribution is -0.136. The number of aromatic nitrogens is 1. The van der Waals surface area contributed by atoms with Crippen LogP contribution >= 0.6 is 11.3 Å². The number of rotatable bonds is 5. The molecule has 1 aromatic rings. The molecule has 0 aliphatic carbocycles. The van der Waals surface area contributed by atoms with Crippen molar-refractivity contribution in [1.29, 1.82) is 0 Å². The van der Waals surface area contributed by atoms with Crippen LogP contribution in [-0.2, 0) is 20.7 Å². The van der Waals surface area contributed by atoms with Gasteiger partial charge in [0.05, 0.1) is 23.2 Å². The number of hydrogen-bond acceptors (Lipinski definition) is 5. The number of likely N-dealkylation sites (tertiary alicyclic amines) is 1. The highest BCUT2D eigenvalue weighted by atomic mass is 32.1. The molecule has 2 saturated heterocycles. The van der Waals surface area contributed by atoms with Gasteiger partial charge in [-0.15, -0.1) is 11.3 Å². The molecule has 1 aromatic heterocycles. The van der Waals surface area contributed by atoms with E-state index in [0.29, 0.717) is 25.7 Å². The van der Waals surface area contributed by atoms with Crippen LogP contribution in [0.3, 0.4) is 0 Å². The summed E-state index contributed by atoms with van der Waals surface area (Å²) in [5.41, 5.74) is 1.02. The van der Waals surface area contributed by atoms with Crippen molar-refractivity contribution in [2.24, 2.45) is 5.92 Å². The molecule has 24 heavy (non-hydrogen) atoms. The Labute approximate surface area is 146 Å². The monoisotopic (exact) mass is 351 g/mol. The molecule has 2 aliphatic rings. The highest BCUT2D eigenvalue weighted by Crippen LogP contribution is 2.30. The smallest absolute Gasteiger partial charge is 0.228 e. The fourth-order valence-corrected chi connectivity index (χ4v) is 4.34. The molecule has 2 fully saturated rings. The number of carbonyl (C=O) groups is 2. The van der Waals surface area contributed by atoms with Crippen LogP contribution in [0.15, 0.2) is 5.38 Å². The van der Waals surface area contributed by atoms with Crippen molar-refractivity contribution in [1.82, 2.24) is 15.2 Å². The van der Waals surface area contributed by atoms with Crippen LogP contribution in [0.1, 0.15) is 42.8 Å². The second-order valence-electron chi connectivity index (χ2n) is 6.59. The normalized spacial score (nSPS) is 24.1. The van der Waals surface area contributed by atoms with Crippen LogP contribution in [-0.4, -0.2) is 54.5 Å². The highest BCUT2D eigenvalue weighted by Gasteiger charge is 2.32. The van der Waals surface area contributed by atoms with Gasteiger partial charge in [-0.3, -0.25) is 9.59 Å². The van der Waals surface area contributed by atoms with Gasteiger partial charge in [-0.1, -0.05) is 0 Å². The summed E-state index contributed by atoms with van der Waals surface area (Å²) in [5.74, 6) is 0.625. The van der Waals surface area contributed by atoms with Gasteiger partial charge < -0.3 is 15.0 Å². The first-order chi connectivity index (χ1) is 11.6. The molecular formula is C17H25N3O3S. The number of thiazole rings is 1. The molecule has 0 aromatic carbocycles. The molecule has 2 aliphatic heterocycles. The van der Waals surface area contributed by atoms with E-state index in [2.05, 4.69) is 10.7 Å². The van der Waals surface area contributed by atoms with Crippen molar-refractivity contribution in [3.8, 4) is 0 Å². The maximum absolute atomic E-state index is 12.6. The van der Waals surface area contributed by atoms with Crippen molar-refractivity contribution in [3.05, 3.63) is 16.1 Å². The largest absolute Gasteiger partial charge is 0.381 e. The molecule has 6 nitrogen and oxygen atoms in total. The van der Waals surface area contributed by atoms with Gasteiger partial charge in [0.15, 0.2) is 0 Å². The number of piperidine rings is 1. The van der Waals surface area contributed by atoms with E-state index >= 15 is 0 Å². The summed E-state index contributed by atoms with van der Waals surface area (Å²) < 4.78 is 5.35. The van der Waals surface area contributed by atoms with E-state index in [9.17, 15) is 9.59 Å². The molecule has 3 heterocycles. The number of ether oxygens (including phenoxy) is 1. The van der Waals surface area contributed by atoms with E-state index in [1.807, 2.05) is 4.90 Å². The Kier molecular flexibility index (Phi) is 5.84. The Bertz CT molecular complexity index is 583. The quantitative estimate of drug-likeness (QED) is 0.874. The SMILES string of the molecule is CC(=O)NCCc1csc([C@@H]2CCCN(C(=O)[C@H]3CCOC3)C2)n1. The van der Waals surface area contributed by atoms with Gasteiger partial charge in [0.2, 0.25) is 11.8 Å². The summed E-state index contributed by atoms with van der Waals surface area (Å²) in [5, 5.41) is 5.99. The summed E-state index contributed by atoms with van der Waals surface area (Å²) in [7, 11) is 0. The third-order valence-corrected chi connectivity index (χ3v) is 5.74. The van der Waals surface area contributed by atoms with Crippen LogP contribution < -0.4 is 5.32 Å². The molecule has 0 spiro atoms. The van der Waals surface area contributed by atoms with Crippen molar-refractivity contribution in [3.63, 3.8) is 0 Å². The van der Waals surface area contributed by atoms with Gasteiger partial charge in [0.1, 0.15) is 0 Å². The fourth-order valence-electron chi connectivity index (χ4n) is 3.36. The van der Waals surface area contributed by atoms with Gasteiger partial charge in [0.25, 0.3) is 0 Å². The number of nitrogens with one attached hydrogen (secondary N) is 1. The van der Waals surface area contributed by atoms with Gasteiger partial charge in [-0.05, 0) is 19.3 Å². The summed E-state index contributed by atoms with van der Waals surface area (Å²) in [4.78, 5) is 30.2. The van der Waals surface area contributed by atoms with E-state index in [-0.39, 0.29) is 17.7 Å². The lowest BCUT2D eigenvalue weighted by Gasteiger charge is -2.33. The van der Waals surface area contributed by atoms with E-state index < -0.39 is 0 Å². The Morgan fingerprint density at radius 2 is 2.33 bits per heavy atom. The molecule has 0 unspecified atom stereocenters. The van der Waals surface area contributed by atoms with Crippen LogP contribution in [0, 0.1) is 5.92 Å². The fraction of sp³-hybridized carbons (Fsp3) is 0.706. The maximum Gasteiger partial charge on any atom is 0.228 e. The standard InChI is InChI=1S/C17H25N3O3S/c1-12(21)18-6-4-15-11-24-16(19-15)13-3-2-7-20(9-13)17(22)14-5-8-23-10-14/h11,13-14H,2-10H2,1H3,(H,18,21)/t13-,14+/m1/s1. The van der Waals surface area contributed by atoms with Crippen molar-refractivity contribution in [2.45, 2.75) is 38.5 Å². The molecule has 2 atom stereocenters. The number of amides is 2. The lowest BCUT2D eigenvalue weighted by atomic mass is 9.97. The Morgan fingerprint density at radius 3 is 3.08 bits per heavy atom. The Hall–Kier alpha value is -1.47. The first-order valence-corrected chi connectivity index (χ1v) is 9.56. The average molecular weight is 351 g/mol. The third kappa shape index (κ3) is 4.33. The van der Waals surface area contributed by atoms with Crippen molar-refractivity contribution in [2.75, 3.05) is 32.8 Å². The molecule has 132 valence electrons. The second-order valence-corrected chi connectivity index (χ2v) is 7.48. The lowest BCUT2D eigenvalue weighted by Crippen LogP contribution is -2.42. The first kappa shape index (κ1) is 17.4. The molecule has 0 saturated carbocycles. The Morgan fingerprint density at radius 1 is 1.46 bits per heavy atom. The van der Waals surface area contributed by atoms with Crippen LogP contribution in [0.5, 0.6) is 0 Å². The number of nitrogens with zero attached hydrogens (tertiary/aromatic N) is 2. The van der Waals surface area contributed by atoms with E-state index in [0.717, 1.165) is 49.5 Å². The zero-order valence-electron chi connectivity index (χ0n) is 14.1. The van der Waals surface area contributed by atoms with Crippen LogP contribution in [0.25, 0.3) is 0 Å². The molecule has 3 rings (SSSR count). The number of hydrogen-bond donors (Lipinski definition) is 1. The average Bonchev–Trinajstić information content (AvgIpc) is 3.26. The minimum absolute atomic E-state index is 0.0113. The second kappa shape index (κ2) is 8.07. The molecule has 2 amide bonds. The van der Waals surface area contributed by atoms with Crippen LogP contribution in [0.4, 0.5) is 0 Å². The predicted octanol–water partition coefficient (Wildman–Crippen LogP) is 1.56.